The second-order valence-corrected chi connectivity index (χ2v) is 3.27. The predicted octanol–water partition coefficient (Wildman–Crippen LogP) is 1.69. The molecule has 0 rings (SSSR count). The maximum Gasteiger partial charge on any atom is 0.317 e. The number of hydrogen-bond acceptors (Lipinski definition) is 1. The van der Waals surface area contributed by atoms with Crippen LogP contribution in [-0.4, -0.2) is 30.6 Å². The SMILES string of the molecule is CCNC(=O)N(CC)CC(C)C. The van der Waals surface area contributed by atoms with E-state index in [0.29, 0.717) is 12.5 Å². The monoisotopic (exact) mass is 172 g/mol. The molecule has 0 spiro atoms. The van der Waals surface area contributed by atoms with Gasteiger partial charge in [0.1, 0.15) is 0 Å². The zero-order chi connectivity index (χ0) is 9.56. The third kappa shape index (κ3) is 4.21. The number of nitrogens with one attached hydrogen (secondary N) is 1. The van der Waals surface area contributed by atoms with Gasteiger partial charge in [0.05, 0.1) is 0 Å². The van der Waals surface area contributed by atoms with E-state index in [1.807, 2.05) is 18.7 Å². The number of amides is 2. The first-order chi connectivity index (χ1) is 5.61. The van der Waals surface area contributed by atoms with Gasteiger partial charge in [-0.2, -0.15) is 0 Å². The second-order valence-electron chi connectivity index (χ2n) is 3.27. The van der Waals surface area contributed by atoms with Crippen molar-refractivity contribution in [3.05, 3.63) is 0 Å². The molecule has 0 fully saturated rings. The topological polar surface area (TPSA) is 32.3 Å². The van der Waals surface area contributed by atoms with E-state index in [2.05, 4.69) is 19.2 Å². The molecule has 0 aromatic rings. The van der Waals surface area contributed by atoms with E-state index in [1.54, 1.807) is 0 Å². The van der Waals surface area contributed by atoms with Crippen LogP contribution in [0.5, 0.6) is 0 Å². The van der Waals surface area contributed by atoms with Crippen molar-refractivity contribution in [1.82, 2.24) is 10.2 Å². The summed E-state index contributed by atoms with van der Waals surface area (Å²) in [6.07, 6.45) is 0. The van der Waals surface area contributed by atoms with Gasteiger partial charge in [0.25, 0.3) is 0 Å². The fourth-order valence-corrected chi connectivity index (χ4v) is 1.06. The van der Waals surface area contributed by atoms with Crippen LogP contribution >= 0.6 is 0 Å². The smallest absolute Gasteiger partial charge is 0.317 e. The molecule has 0 bridgehead atoms. The summed E-state index contributed by atoms with van der Waals surface area (Å²) in [5.74, 6) is 0.535. The molecule has 0 aromatic carbocycles. The number of nitrogens with zero attached hydrogens (tertiary/aromatic N) is 1. The number of carbonyl (C=O) groups is 1. The number of carbonyl (C=O) groups excluding carboxylic acids is 1. The summed E-state index contributed by atoms with van der Waals surface area (Å²) in [7, 11) is 0. The van der Waals surface area contributed by atoms with Crippen molar-refractivity contribution in [2.24, 2.45) is 5.92 Å². The Labute approximate surface area is 75.1 Å². The van der Waals surface area contributed by atoms with Gasteiger partial charge in [-0.05, 0) is 19.8 Å². The van der Waals surface area contributed by atoms with Gasteiger partial charge in [0.15, 0.2) is 0 Å². The highest BCUT2D eigenvalue weighted by Crippen LogP contribution is 1.98. The van der Waals surface area contributed by atoms with E-state index in [-0.39, 0.29) is 6.03 Å². The van der Waals surface area contributed by atoms with Gasteiger partial charge < -0.3 is 10.2 Å². The summed E-state index contributed by atoms with van der Waals surface area (Å²) in [6.45, 7) is 10.5. The first kappa shape index (κ1) is 11.3. The lowest BCUT2D eigenvalue weighted by atomic mass is 10.2. The molecule has 0 saturated carbocycles. The Morgan fingerprint density at radius 1 is 1.42 bits per heavy atom. The summed E-state index contributed by atoms with van der Waals surface area (Å²) in [5.41, 5.74) is 0. The summed E-state index contributed by atoms with van der Waals surface area (Å²) >= 11 is 0. The quantitative estimate of drug-likeness (QED) is 0.687. The van der Waals surface area contributed by atoms with Crippen molar-refractivity contribution in [2.75, 3.05) is 19.6 Å². The molecule has 0 aromatic heterocycles. The summed E-state index contributed by atoms with van der Waals surface area (Å²) in [4.78, 5) is 13.2. The first-order valence-electron chi connectivity index (χ1n) is 4.64. The van der Waals surface area contributed by atoms with Crippen molar-refractivity contribution in [3.63, 3.8) is 0 Å². The van der Waals surface area contributed by atoms with E-state index in [9.17, 15) is 4.79 Å². The van der Waals surface area contributed by atoms with Crippen LogP contribution in [0.3, 0.4) is 0 Å². The fourth-order valence-electron chi connectivity index (χ4n) is 1.06. The molecule has 0 aliphatic heterocycles. The van der Waals surface area contributed by atoms with Gasteiger partial charge in [-0.25, -0.2) is 4.79 Å². The van der Waals surface area contributed by atoms with Gasteiger partial charge in [-0.1, -0.05) is 13.8 Å². The van der Waals surface area contributed by atoms with Crippen molar-refractivity contribution in [2.45, 2.75) is 27.7 Å². The minimum atomic E-state index is 0.0497. The molecular formula is C9H20N2O. The molecule has 1 N–H and O–H groups in total. The third-order valence-corrected chi connectivity index (χ3v) is 1.58. The molecule has 3 heteroatoms. The van der Waals surface area contributed by atoms with E-state index in [4.69, 9.17) is 0 Å². The van der Waals surface area contributed by atoms with Crippen molar-refractivity contribution in [1.29, 1.82) is 0 Å². The summed E-state index contributed by atoms with van der Waals surface area (Å²) in [5, 5.41) is 2.79. The Morgan fingerprint density at radius 3 is 2.33 bits per heavy atom. The molecular weight excluding hydrogens is 152 g/mol. The minimum Gasteiger partial charge on any atom is -0.338 e. The van der Waals surface area contributed by atoms with Crippen molar-refractivity contribution < 1.29 is 4.79 Å². The van der Waals surface area contributed by atoms with E-state index in [0.717, 1.165) is 13.1 Å². The molecule has 0 unspecified atom stereocenters. The lowest BCUT2D eigenvalue weighted by molar-refractivity contribution is 0.194. The molecule has 3 nitrogen and oxygen atoms in total. The van der Waals surface area contributed by atoms with Crippen LogP contribution in [0.1, 0.15) is 27.7 Å². The van der Waals surface area contributed by atoms with Gasteiger partial charge in [-0.3, -0.25) is 0 Å². The van der Waals surface area contributed by atoms with Crippen LogP contribution < -0.4 is 5.32 Å². The largest absolute Gasteiger partial charge is 0.338 e. The molecule has 72 valence electrons. The third-order valence-electron chi connectivity index (χ3n) is 1.58. The molecule has 0 heterocycles. The second kappa shape index (κ2) is 5.86. The highest BCUT2D eigenvalue weighted by Gasteiger charge is 2.10. The molecule has 0 atom stereocenters. The fraction of sp³-hybridized carbons (Fsp3) is 0.889. The van der Waals surface area contributed by atoms with E-state index >= 15 is 0 Å². The van der Waals surface area contributed by atoms with Gasteiger partial charge in [0.2, 0.25) is 0 Å². The number of rotatable bonds is 4. The van der Waals surface area contributed by atoms with E-state index in [1.165, 1.54) is 0 Å². The average Bonchev–Trinajstić information content (AvgIpc) is 2.00. The number of urea groups is 1. The summed E-state index contributed by atoms with van der Waals surface area (Å²) < 4.78 is 0. The van der Waals surface area contributed by atoms with Crippen LogP contribution in [0.2, 0.25) is 0 Å². The Bertz CT molecular complexity index is 134. The Morgan fingerprint density at radius 2 is 2.00 bits per heavy atom. The maximum atomic E-state index is 11.3. The zero-order valence-corrected chi connectivity index (χ0v) is 8.55. The van der Waals surface area contributed by atoms with Gasteiger partial charge in [0, 0.05) is 19.6 Å². The highest BCUT2D eigenvalue weighted by molar-refractivity contribution is 5.73. The van der Waals surface area contributed by atoms with Gasteiger partial charge in [-0.15, -0.1) is 0 Å². The minimum absolute atomic E-state index is 0.0497. The summed E-state index contributed by atoms with van der Waals surface area (Å²) in [6, 6.07) is 0.0497. The average molecular weight is 172 g/mol. The Balaban J connectivity index is 3.87. The maximum absolute atomic E-state index is 11.3. The lowest BCUT2D eigenvalue weighted by Gasteiger charge is -2.22. The molecule has 0 aliphatic carbocycles. The van der Waals surface area contributed by atoms with Crippen LogP contribution in [0.15, 0.2) is 0 Å². The first-order valence-corrected chi connectivity index (χ1v) is 4.64. The van der Waals surface area contributed by atoms with Gasteiger partial charge >= 0.3 is 6.03 Å². The molecule has 0 saturated heterocycles. The normalized spacial score (nSPS) is 10.1. The molecule has 2 amide bonds. The van der Waals surface area contributed by atoms with Crippen molar-refractivity contribution in [3.8, 4) is 0 Å². The van der Waals surface area contributed by atoms with Crippen LogP contribution in [0.25, 0.3) is 0 Å². The van der Waals surface area contributed by atoms with Crippen LogP contribution in [0.4, 0.5) is 4.79 Å². The number of hydrogen-bond donors (Lipinski definition) is 1. The molecule has 0 aliphatic rings. The Kier molecular flexibility index (Phi) is 5.51. The Hall–Kier alpha value is -0.730. The lowest BCUT2D eigenvalue weighted by Crippen LogP contribution is -2.41. The van der Waals surface area contributed by atoms with Crippen molar-refractivity contribution >= 4 is 6.03 Å². The predicted molar refractivity (Wildman–Crippen MR) is 51.2 cm³/mol. The van der Waals surface area contributed by atoms with Crippen LogP contribution in [-0.2, 0) is 0 Å². The van der Waals surface area contributed by atoms with Crippen LogP contribution in [0, 0.1) is 5.92 Å². The molecule has 12 heavy (non-hydrogen) atoms. The standard InChI is InChI=1S/C9H20N2O/c1-5-10-9(12)11(6-2)7-8(3)4/h8H,5-7H2,1-4H3,(H,10,12). The highest BCUT2D eigenvalue weighted by atomic mass is 16.2. The van der Waals surface area contributed by atoms with E-state index < -0.39 is 0 Å². The zero-order valence-electron chi connectivity index (χ0n) is 8.55. The molecule has 0 radical (unpaired) electrons.